The van der Waals surface area contributed by atoms with Gasteiger partial charge in [-0.05, 0) is 25.9 Å². The molecule has 0 aliphatic carbocycles. The van der Waals surface area contributed by atoms with Crippen LogP contribution in [0.4, 0.5) is 0 Å². The second kappa shape index (κ2) is 3.35. The van der Waals surface area contributed by atoms with Gasteiger partial charge in [0.15, 0.2) is 0 Å². The number of Topliss-reactive ketones (excluding diaryl/α,β-unsaturated/α-hetero) is 1. The Morgan fingerprint density at radius 2 is 2.00 bits per heavy atom. The van der Waals surface area contributed by atoms with Crippen LogP contribution in [0, 0.1) is 5.92 Å². The van der Waals surface area contributed by atoms with Crippen LogP contribution in [0.25, 0.3) is 0 Å². The van der Waals surface area contributed by atoms with E-state index in [4.69, 9.17) is 0 Å². The third-order valence-corrected chi connectivity index (χ3v) is 2.42. The van der Waals surface area contributed by atoms with Gasteiger partial charge in [-0.2, -0.15) is 0 Å². The molecule has 0 spiro atoms. The van der Waals surface area contributed by atoms with Crippen LogP contribution >= 0.6 is 0 Å². The van der Waals surface area contributed by atoms with Crippen LogP contribution in [0.1, 0.15) is 14.3 Å². The Labute approximate surface area is 84.7 Å². The number of nitrogens with zero attached hydrogens (tertiary/aromatic N) is 1. The first-order chi connectivity index (χ1) is 4.36. The number of piperidine rings is 3. The van der Waals surface area contributed by atoms with Crippen molar-refractivity contribution >= 4 is 5.78 Å². The summed E-state index contributed by atoms with van der Waals surface area (Å²) in [6.45, 7) is 3.07. The monoisotopic (exact) mass is 149 g/mol. The van der Waals surface area contributed by atoms with E-state index in [1.807, 2.05) is 0 Å². The molecule has 0 radical (unpaired) electrons. The molecule has 3 heterocycles. The van der Waals surface area contributed by atoms with E-state index in [2.05, 4.69) is 4.90 Å². The molecule has 2 bridgehead atoms. The zero-order valence-electron chi connectivity index (χ0n) is 7.47. The van der Waals surface area contributed by atoms with Gasteiger partial charge in [0.2, 0.25) is 0 Å². The quantitative estimate of drug-likeness (QED) is 0.352. The molecule has 3 aliphatic heterocycles. The van der Waals surface area contributed by atoms with Gasteiger partial charge in [-0.3, -0.25) is 9.69 Å². The van der Waals surface area contributed by atoms with E-state index in [1.165, 1.54) is 0 Å². The molecule has 0 aromatic heterocycles. The van der Waals surface area contributed by atoms with Crippen molar-refractivity contribution < 1.29 is 35.8 Å². The SMILES string of the molecule is O=C1CN2CCC1CC2.[H-].[Na+]. The summed E-state index contributed by atoms with van der Waals surface area (Å²) in [5.41, 5.74) is 0. The molecular formula is C7H12NNaO. The molecule has 3 rings (SSSR count). The van der Waals surface area contributed by atoms with Gasteiger partial charge in [-0.1, -0.05) is 0 Å². The molecule has 3 heteroatoms. The Hall–Kier alpha value is 0.630. The van der Waals surface area contributed by atoms with E-state index in [0.29, 0.717) is 11.7 Å². The van der Waals surface area contributed by atoms with Crippen LogP contribution in [0.2, 0.25) is 0 Å². The van der Waals surface area contributed by atoms with Crippen molar-refractivity contribution in [3.63, 3.8) is 0 Å². The van der Waals surface area contributed by atoms with Gasteiger partial charge in [0, 0.05) is 5.92 Å². The predicted molar refractivity (Wildman–Crippen MR) is 35.3 cm³/mol. The molecule has 0 saturated carbocycles. The maximum absolute atomic E-state index is 11.0. The van der Waals surface area contributed by atoms with Crippen molar-refractivity contribution in [2.45, 2.75) is 12.8 Å². The fourth-order valence-corrected chi connectivity index (χ4v) is 1.76. The molecular weight excluding hydrogens is 137 g/mol. The summed E-state index contributed by atoms with van der Waals surface area (Å²) in [6, 6.07) is 0. The first-order valence-corrected chi connectivity index (χ1v) is 3.61. The van der Waals surface area contributed by atoms with Crippen LogP contribution in [0.5, 0.6) is 0 Å². The van der Waals surface area contributed by atoms with Crippen molar-refractivity contribution in [1.82, 2.24) is 4.90 Å². The fourth-order valence-electron chi connectivity index (χ4n) is 1.76. The molecule has 0 N–H and O–H groups in total. The summed E-state index contributed by atoms with van der Waals surface area (Å²) in [4.78, 5) is 13.3. The minimum Gasteiger partial charge on any atom is -1.00 e. The molecule has 0 aromatic carbocycles. The largest absolute Gasteiger partial charge is 1.00 e. The average molecular weight is 149 g/mol. The van der Waals surface area contributed by atoms with E-state index in [9.17, 15) is 4.79 Å². The number of hydrogen-bond donors (Lipinski definition) is 0. The smallest absolute Gasteiger partial charge is 1.00 e. The third kappa shape index (κ3) is 1.45. The Morgan fingerprint density at radius 1 is 1.40 bits per heavy atom. The van der Waals surface area contributed by atoms with Gasteiger partial charge < -0.3 is 1.43 Å². The molecule has 52 valence electrons. The normalized spacial score (nSPS) is 37.4. The molecule has 0 atom stereocenters. The molecule has 0 amide bonds. The van der Waals surface area contributed by atoms with E-state index in [0.717, 1.165) is 32.5 Å². The number of rotatable bonds is 0. The van der Waals surface area contributed by atoms with E-state index in [1.54, 1.807) is 0 Å². The molecule has 0 unspecified atom stereocenters. The van der Waals surface area contributed by atoms with Gasteiger partial charge in [0.25, 0.3) is 0 Å². The molecule has 3 aliphatic rings. The average Bonchev–Trinajstić information content (AvgIpc) is 1.90. The van der Waals surface area contributed by atoms with E-state index >= 15 is 0 Å². The van der Waals surface area contributed by atoms with Crippen molar-refractivity contribution in [2.75, 3.05) is 19.6 Å². The Kier molecular flexibility index (Phi) is 2.92. The summed E-state index contributed by atoms with van der Waals surface area (Å²) in [5.74, 6) is 0.919. The molecule has 10 heavy (non-hydrogen) atoms. The van der Waals surface area contributed by atoms with Gasteiger partial charge in [0.1, 0.15) is 5.78 Å². The first kappa shape index (κ1) is 8.72. The van der Waals surface area contributed by atoms with Crippen LogP contribution in [-0.2, 0) is 4.79 Å². The zero-order valence-corrected chi connectivity index (χ0v) is 8.47. The Morgan fingerprint density at radius 3 is 2.20 bits per heavy atom. The minimum absolute atomic E-state index is 0. The molecule has 3 saturated heterocycles. The zero-order chi connectivity index (χ0) is 6.27. The van der Waals surface area contributed by atoms with Gasteiger partial charge in [-0.25, -0.2) is 0 Å². The topological polar surface area (TPSA) is 20.3 Å². The number of carbonyl (C=O) groups excluding carboxylic acids is 1. The summed E-state index contributed by atoms with van der Waals surface area (Å²) in [7, 11) is 0. The second-order valence-corrected chi connectivity index (χ2v) is 3.02. The number of carbonyl (C=O) groups is 1. The molecule has 3 fully saturated rings. The third-order valence-electron chi connectivity index (χ3n) is 2.42. The molecule has 2 nitrogen and oxygen atoms in total. The summed E-state index contributed by atoms with van der Waals surface area (Å²) < 4.78 is 0. The minimum atomic E-state index is 0. The first-order valence-electron chi connectivity index (χ1n) is 3.61. The predicted octanol–water partition coefficient (Wildman–Crippen LogP) is -2.60. The van der Waals surface area contributed by atoms with Gasteiger partial charge >= 0.3 is 29.6 Å². The summed E-state index contributed by atoms with van der Waals surface area (Å²) >= 11 is 0. The Balaban J connectivity index is 0.000000500. The van der Waals surface area contributed by atoms with Gasteiger partial charge in [-0.15, -0.1) is 0 Å². The molecule has 0 aromatic rings. The van der Waals surface area contributed by atoms with Crippen molar-refractivity contribution in [1.29, 1.82) is 0 Å². The summed E-state index contributed by atoms with van der Waals surface area (Å²) in [6.07, 6.45) is 2.25. The van der Waals surface area contributed by atoms with Crippen molar-refractivity contribution in [3.8, 4) is 0 Å². The fraction of sp³-hybridized carbons (Fsp3) is 0.857. The number of hydrogen-bond acceptors (Lipinski definition) is 2. The van der Waals surface area contributed by atoms with Crippen LogP contribution in [-0.4, -0.2) is 30.3 Å². The van der Waals surface area contributed by atoms with E-state index in [-0.39, 0.29) is 31.0 Å². The standard InChI is InChI=1S/C7H11NO.Na.H/c9-7-5-8-3-1-6(7)2-4-8;;/h6H,1-5H2;;/q;+1;-1. The van der Waals surface area contributed by atoms with Crippen molar-refractivity contribution in [2.24, 2.45) is 5.92 Å². The summed E-state index contributed by atoms with van der Waals surface area (Å²) in [5, 5.41) is 0. The Bertz CT molecular complexity index is 145. The second-order valence-electron chi connectivity index (χ2n) is 3.02. The van der Waals surface area contributed by atoms with Crippen LogP contribution < -0.4 is 29.6 Å². The van der Waals surface area contributed by atoms with Crippen LogP contribution in [0.3, 0.4) is 0 Å². The van der Waals surface area contributed by atoms with Crippen LogP contribution in [0.15, 0.2) is 0 Å². The maximum Gasteiger partial charge on any atom is 1.00 e. The van der Waals surface area contributed by atoms with Gasteiger partial charge in [0.05, 0.1) is 6.54 Å². The maximum atomic E-state index is 11.0. The van der Waals surface area contributed by atoms with Crippen molar-refractivity contribution in [3.05, 3.63) is 0 Å². The van der Waals surface area contributed by atoms with E-state index < -0.39 is 0 Å². The number of ketones is 1. The number of fused-ring (bicyclic) bond motifs is 3.